The van der Waals surface area contributed by atoms with Gasteiger partial charge in [0.25, 0.3) is 0 Å². The van der Waals surface area contributed by atoms with Crippen molar-refractivity contribution < 1.29 is 33.8 Å². The van der Waals surface area contributed by atoms with Crippen LogP contribution in [0.25, 0.3) is 0 Å². The largest absolute Gasteiger partial charge is 0.507 e. The van der Waals surface area contributed by atoms with E-state index < -0.39 is 48.1 Å². The van der Waals surface area contributed by atoms with Gasteiger partial charge in [-0.05, 0) is 58.1 Å². The second-order valence-corrected chi connectivity index (χ2v) is 11.6. The first kappa shape index (κ1) is 35.1. The van der Waals surface area contributed by atoms with Crippen molar-refractivity contribution in [2.75, 3.05) is 32.2 Å². The number of aromatic hydroxyl groups is 1. The molecule has 0 saturated heterocycles. The minimum absolute atomic E-state index is 0.120. The van der Waals surface area contributed by atoms with E-state index in [1.807, 2.05) is 6.26 Å². The maximum atomic E-state index is 14.2. The van der Waals surface area contributed by atoms with Gasteiger partial charge in [-0.15, -0.1) is 0 Å². The molecule has 0 aliphatic carbocycles. The number of amides is 3. The molecule has 2 unspecified atom stereocenters. The lowest BCUT2D eigenvalue weighted by Crippen LogP contribution is -2.53. The number of thioether (sulfide) groups is 1. The van der Waals surface area contributed by atoms with E-state index in [4.69, 9.17) is 4.74 Å². The number of para-hydroxylation sites is 1. The molecule has 0 heterocycles. The number of phenols is 1. The normalized spacial score (nSPS) is 12.7. The Kier molecular flexibility index (Phi) is 15.5. The van der Waals surface area contributed by atoms with Crippen molar-refractivity contribution in [2.24, 2.45) is 0 Å². The van der Waals surface area contributed by atoms with E-state index in [1.165, 1.54) is 23.8 Å². The fraction of sp³-hybridized carbons (Fsp3) is 0.655. The summed E-state index contributed by atoms with van der Waals surface area (Å²) in [7, 11) is 1.21. The number of aryl methyl sites for hydroxylation is 1. The van der Waals surface area contributed by atoms with E-state index in [0.717, 1.165) is 25.7 Å². The van der Waals surface area contributed by atoms with Gasteiger partial charge < -0.3 is 30.1 Å². The average Bonchev–Trinajstić information content (AvgIpc) is 2.89. The van der Waals surface area contributed by atoms with Gasteiger partial charge in [0.05, 0.1) is 7.11 Å². The number of hydrogen-bond donors (Lipinski definition) is 3. The lowest BCUT2D eigenvalue weighted by Gasteiger charge is -2.35. The summed E-state index contributed by atoms with van der Waals surface area (Å²) in [6, 6.07) is 2.75. The molecule has 0 radical (unpaired) electrons. The predicted octanol–water partition coefficient (Wildman–Crippen LogP) is 4.48. The van der Waals surface area contributed by atoms with Crippen molar-refractivity contribution in [1.29, 1.82) is 0 Å². The molecule has 3 amide bonds. The summed E-state index contributed by atoms with van der Waals surface area (Å²) in [5, 5.41) is 16.2. The molecule has 0 fully saturated rings. The number of ether oxygens (including phenoxy) is 2. The molecule has 0 aromatic heterocycles. The number of unbranched alkanes of at least 4 members (excludes halogenated alkanes) is 4. The van der Waals surface area contributed by atoms with Gasteiger partial charge in [0, 0.05) is 12.1 Å². The molecule has 11 heteroatoms. The highest BCUT2D eigenvalue weighted by atomic mass is 32.2. The van der Waals surface area contributed by atoms with Crippen LogP contribution in [0.4, 0.5) is 4.79 Å². The molecule has 2 atom stereocenters. The Morgan fingerprint density at radius 2 is 1.77 bits per heavy atom. The first-order valence-corrected chi connectivity index (χ1v) is 15.2. The Morgan fingerprint density at radius 3 is 2.38 bits per heavy atom. The van der Waals surface area contributed by atoms with E-state index in [0.29, 0.717) is 24.2 Å². The van der Waals surface area contributed by atoms with Crippen molar-refractivity contribution in [3.63, 3.8) is 0 Å². The highest BCUT2D eigenvalue weighted by Gasteiger charge is 2.37. The number of nitrogens with one attached hydrogen (secondary N) is 2. The van der Waals surface area contributed by atoms with Crippen LogP contribution in [0.15, 0.2) is 18.2 Å². The monoisotopic (exact) mass is 581 g/mol. The van der Waals surface area contributed by atoms with Crippen LogP contribution in [0.5, 0.6) is 5.75 Å². The van der Waals surface area contributed by atoms with Gasteiger partial charge in [0.15, 0.2) is 0 Å². The highest BCUT2D eigenvalue weighted by Crippen LogP contribution is 2.33. The Labute approximate surface area is 242 Å². The first-order valence-electron chi connectivity index (χ1n) is 13.8. The second-order valence-electron chi connectivity index (χ2n) is 10.6. The number of alkyl carbamates (subject to hydrolysis) is 1. The van der Waals surface area contributed by atoms with Crippen LogP contribution in [-0.2, 0) is 23.9 Å². The molecule has 0 aliphatic heterocycles. The van der Waals surface area contributed by atoms with Crippen molar-refractivity contribution in [1.82, 2.24) is 15.5 Å². The van der Waals surface area contributed by atoms with E-state index in [-0.39, 0.29) is 17.9 Å². The van der Waals surface area contributed by atoms with Crippen LogP contribution >= 0.6 is 11.8 Å². The molecule has 226 valence electrons. The van der Waals surface area contributed by atoms with Crippen molar-refractivity contribution in [3.05, 3.63) is 29.3 Å². The quantitative estimate of drug-likeness (QED) is 0.192. The van der Waals surface area contributed by atoms with Crippen LogP contribution < -0.4 is 10.6 Å². The molecule has 0 aliphatic rings. The van der Waals surface area contributed by atoms with Crippen LogP contribution in [0, 0.1) is 6.92 Å². The summed E-state index contributed by atoms with van der Waals surface area (Å²) in [6.07, 6.45) is 5.99. The topological polar surface area (TPSA) is 134 Å². The molecular weight excluding hydrogens is 534 g/mol. The summed E-state index contributed by atoms with van der Waals surface area (Å²) in [4.78, 5) is 53.7. The van der Waals surface area contributed by atoms with E-state index in [2.05, 4.69) is 22.3 Å². The van der Waals surface area contributed by atoms with Gasteiger partial charge in [-0.1, -0.05) is 50.8 Å². The number of esters is 1. The maximum Gasteiger partial charge on any atom is 0.408 e. The van der Waals surface area contributed by atoms with Gasteiger partial charge in [0.1, 0.15) is 30.0 Å². The molecule has 1 rings (SSSR count). The third kappa shape index (κ3) is 12.1. The van der Waals surface area contributed by atoms with Gasteiger partial charge in [-0.2, -0.15) is 11.8 Å². The Hall–Kier alpha value is -2.95. The molecule has 0 bridgehead atoms. The van der Waals surface area contributed by atoms with E-state index in [1.54, 1.807) is 45.9 Å². The van der Waals surface area contributed by atoms with Gasteiger partial charge in [-0.3, -0.25) is 14.4 Å². The number of benzene rings is 1. The van der Waals surface area contributed by atoms with E-state index in [9.17, 15) is 24.3 Å². The number of phenolic OH excluding ortho intramolecular Hbond substituents is 1. The minimum atomic E-state index is -1.25. The SMILES string of the molecule is CCCCCCCN(C(=O)C(CCSC)NC(=O)OC(C)(C)C)C(C(=O)NCC(=O)OC)c1cccc(C)c1O. The van der Waals surface area contributed by atoms with Crippen LogP contribution in [-0.4, -0.2) is 77.7 Å². The van der Waals surface area contributed by atoms with Crippen LogP contribution in [0.1, 0.15) is 83.4 Å². The van der Waals surface area contributed by atoms with Crippen molar-refractivity contribution in [2.45, 2.75) is 90.8 Å². The van der Waals surface area contributed by atoms with Crippen molar-refractivity contribution >= 4 is 35.6 Å². The van der Waals surface area contributed by atoms with Crippen molar-refractivity contribution in [3.8, 4) is 5.75 Å². The van der Waals surface area contributed by atoms with E-state index >= 15 is 0 Å². The smallest absolute Gasteiger partial charge is 0.408 e. The summed E-state index contributed by atoms with van der Waals surface area (Å²) >= 11 is 1.52. The van der Waals surface area contributed by atoms with Gasteiger partial charge in [-0.25, -0.2) is 4.79 Å². The number of nitrogens with zero attached hydrogens (tertiary/aromatic N) is 1. The molecule has 1 aromatic carbocycles. The fourth-order valence-corrected chi connectivity index (χ4v) is 4.55. The first-order chi connectivity index (χ1) is 18.9. The average molecular weight is 582 g/mol. The molecular formula is C29H47N3O7S. The van der Waals surface area contributed by atoms with Gasteiger partial charge in [0.2, 0.25) is 11.8 Å². The number of carbonyl (C=O) groups is 4. The lowest BCUT2D eigenvalue weighted by molar-refractivity contribution is -0.144. The maximum absolute atomic E-state index is 14.2. The third-order valence-electron chi connectivity index (χ3n) is 6.14. The third-order valence-corrected chi connectivity index (χ3v) is 6.79. The standard InChI is InChI=1S/C29H47N3O7S/c1-8-9-10-11-12-17-32(27(36)22(16-18-40-7)31-28(37)39-29(3,4)5)24(26(35)30-19-23(33)38-6)21-15-13-14-20(2)25(21)34/h13-15,22,24,34H,8-12,16-19H2,1-7H3,(H,30,35)(H,31,37). The molecule has 0 spiro atoms. The number of rotatable bonds is 16. The highest BCUT2D eigenvalue weighted by molar-refractivity contribution is 7.98. The zero-order valence-corrected chi connectivity index (χ0v) is 25.8. The van der Waals surface area contributed by atoms with Crippen LogP contribution in [0.3, 0.4) is 0 Å². The molecule has 1 aromatic rings. The number of carbonyl (C=O) groups excluding carboxylic acids is 4. The lowest BCUT2D eigenvalue weighted by atomic mass is 9.98. The number of methoxy groups -OCH3 is 1. The summed E-state index contributed by atoms with van der Waals surface area (Å²) in [5.74, 6) is -1.32. The zero-order valence-electron chi connectivity index (χ0n) is 25.0. The number of hydrogen-bond acceptors (Lipinski definition) is 8. The second kappa shape index (κ2) is 17.7. The Morgan fingerprint density at radius 1 is 1.10 bits per heavy atom. The molecule has 10 nitrogen and oxygen atoms in total. The molecule has 3 N–H and O–H groups in total. The van der Waals surface area contributed by atoms with Crippen LogP contribution in [0.2, 0.25) is 0 Å². The van der Waals surface area contributed by atoms with Gasteiger partial charge >= 0.3 is 12.1 Å². The predicted molar refractivity (Wildman–Crippen MR) is 157 cm³/mol. The summed E-state index contributed by atoms with van der Waals surface area (Å²) < 4.78 is 10.1. The Balaban J connectivity index is 3.54. The minimum Gasteiger partial charge on any atom is -0.507 e. The summed E-state index contributed by atoms with van der Waals surface area (Å²) in [6.45, 7) is 8.81. The fourth-order valence-electron chi connectivity index (χ4n) is 4.08. The molecule has 40 heavy (non-hydrogen) atoms. The zero-order chi connectivity index (χ0) is 30.3. The summed E-state index contributed by atoms with van der Waals surface area (Å²) in [5.41, 5.74) is -0.00520. The Bertz CT molecular complexity index is 981. The molecule has 0 saturated carbocycles.